The van der Waals surface area contributed by atoms with E-state index >= 15 is 0 Å². The molecule has 1 N–H and O–H groups in total. The van der Waals surface area contributed by atoms with Crippen LogP contribution in [0.4, 0.5) is 0 Å². The lowest BCUT2D eigenvalue weighted by Gasteiger charge is -2.48. The maximum absolute atomic E-state index is 12.7. The minimum Gasteiger partial charge on any atom is -0.334 e. The highest BCUT2D eigenvalue weighted by atomic mass is 16.2. The fraction of sp³-hybridized carbons (Fsp3) is 0.588. The summed E-state index contributed by atoms with van der Waals surface area (Å²) in [6, 6.07) is 10.6. The Kier molecular flexibility index (Phi) is 3.92. The molecule has 2 rings (SSSR count). The Morgan fingerprint density at radius 2 is 1.85 bits per heavy atom. The minimum atomic E-state index is -0.337. The molecule has 0 saturated carbocycles. The van der Waals surface area contributed by atoms with Crippen molar-refractivity contribution in [3.8, 4) is 0 Å². The van der Waals surface area contributed by atoms with Crippen LogP contribution in [0, 0.1) is 5.41 Å². The predicted molar refractivity (Wildman–Crippen MR) is 82.4 cm³/mol. The fourth-order valence-electron chi connectivity index (χ4n) is 2.63. The van der Waals surface area contributed by atoms with E-state index in [2.05, 4.69) is 31.3 Å². The van der Waals surface area contributed by atoms with Crippen LogP contribution in [-0.4, -0.2) is 29.4 Å². The topological polar surface area (TPSA) is 32.3 Å². The Morgan fingerprint density at radius 3 is 2.40 bits per heavy atom. The first-order chi connectivity index (χ1) is 9.22. The Bertz CT molecular complexity index is 474. The highest BCUT2D eigenvalue weighted by Crippen LogP contribution is 2.30. The van der Waals surface area contributed by atoms with Gasteiger partial charge in [-0.25, -0.2) is 0 Å². The summed E-state index contributed by atoms with van der Waals surface area (Å²) in [6.45, 7) is 11.8. The summed E-state index contributed by atoms with van der Waals surface area (Å²) < 4.78 is 0. The molecule has 1 atom stereocenters. The van der Waals surface area contributed by atoms with E-state index in [1.165, 1.54) is 5.56 Å². The van der Waals surface area contributed by atoms with Gasteiger partial charge in [-0.2, -0.15) is 0 Å². The van der Waals surface area contributed by atoms with E-state index in [4.69, 9.17) is 0 Å². The first kappa shape index (κ1) is 15.0. The zero-order valence-corrected chi connectivity index (χ0v) is 13.2. The second-order valence-electron chi connectivity index (χ2n) is 7.32. The summed E-state index contributed by atoms with van der Waals surface area (Å²) in [4.78, 5) is 14.8. The average Bonchev–Trinajstić information content (AvgIpc) is 2.37. The molecule has 3 nitrogen and oxygen atoms in total. The Labute approximate surface area is 122 Å². The maximum Gasteiger partial charge on any atom is 0.228 e. The van der Waals surface area contributed by atoms with Crippen molar-refractivity contribution in [2.45, 2.75) is 46.2 Å². The molecule has 0 radical (unpaired) electrons. The van der Waals surface area contributed by atoms with Crippen molar-refractivity contribution in [2.24, 2.45) is 5.41 Å². The van der Waals surface area contributed by atoms with Crippen LogP contribution in [0.2, 0.25) is 0 Å². The van der Waals surface area contributed by atoms with Gasteiger partial charge in [-0.05, 0) is 19.4 Å². The first-order valence-electron chi connectivity index (χ1n) is 7.32. The molecule has 0 aromatic heterocycles. The van der Waals surface area contributed by atoms with Gasteiger partial charge >= 0.3 is 0 Å². The number of carbonyl (C=O) groups is 1. The molecule has 1 aliphatic heterocycles. The number of piperazine rings is 1. The van der Waals surface area contributed by atoms with Crippen molar-refractivity contribution in [1.82, 2.24) is 10.2 Å². The zero-order chi connectivity index (χ0) is 15.0. The third-order valence-corrected chi connectivity index (χ3v) is 3.97. The summed E-state index contributed by atoms with van der Waals surface area (Å²) in [5.74, 6) is 0.227. The van der Waals surface area contributed by atoms with E-state index in [9.17, 15) is 4.79 Å². The molecule has 1 amide bonds. The van der Waals surface area contributed by atoms with Gasteiger partial charge in [0.2, 0.25) is 5.91 Å². The molecule has 110 valence electrons. The van der Waals surface area contributed by atoms with Gasteiger partial charge in [-0.1, -0.05) is 51.1 Å². The third kappa shape index (κ3) is 3.04. The highest BCUT2D eigenvalue weighted by molar-refractivity contribution is 5.82. The van der Waals surface area contributed by atoms with Crippen LogP contribution in [-0.2, 0) is 4.79 Å². The molecule has 0 spiro atoms. The van der Waals surface area contributed by atoms with Crippen LogP contribution in [0.15, 0.2) is 30.3 Å². The first-order valence-corrected chi connectivity index (χ1v) is 7.32. The fourth-order valence-corrected chi connectivity index (χ4v) is 2.63. The molecule has 3 heteroatoms. The molecular formula is C17H26N2O. The van der Waals surface area contributed by atoms with Crippen LogP contribution in [0.25, 0.3) is 0 Å². The molecule has 0 bridgehead atoms. The molecule has 1 aromatic rings. The SMILES string of the molecule is CC(C)(C)C(=O)N1CC(c2ccccc2)NCC1(C)C. The lowest BCUT2D eigenvalue weighted by Crippen LogP contribution is -2.62. The van der Waals surface area contributed by atoms with E-state index < -0.39 is 0 Å². The number of hydrogen-bond donors (Lipinski definition) is 1. The second-order valence-corrected chi connectivity index (χ2v) is 7.32. The Hall–Kier alpha value is -1.35. The van der Waals surface area contributed by atoms with Gasteiger partial charge in [0.25, 0.3) is 0 Å². The molecule has 20 heavy (non-hydrogen) atoms. The molecule has 0 aliphatic carbocycles. The maximum atomic E-state index is 12.7. The van der Waals surface area contributed by atoms with Crippen LogP contribution in [0.1, 0.15) is 46.2 Å². The van der Waals surface area contributed by atoms with Crippen molar-refractivity contribution in [3.05, 3.63) is 35.9 Å². The lowest BCUT2D eigenvalue weighted by molar-refractivity contribution is -0.147. The van der Waals surface area contributed by atoms with Gasteiger partial charge in [-0.15, -0.1) is 0 Å². The van der Waals surface area contributed by atoms with E-state index in [-0.39, 0.29) is 22.9 Å². The van der Waals surface area contributed by atoms with E-state index in [1.54, 1.807) is 0 Å². The van der Waals surface area contributed by atoms with Gasteiger partial charge in [0.1, 0.15) is 0 Å². The van der Waals surface area contributed by atoms with E-state index in [1.807, 2.05) is 43.9 Å². The van der Waals surface area contributed by atoms with Crippen LogP contribution >= 0.6 is 0 Å². The van der Waals surface area contributed by atoms with Crippen molar-refractivity contribution >= 4 is 5.91 Å². The number of carbonyl (C=O) groups excluding carboxylic acids is 1. The van der Waals surface area contributed by atoms with Crippen LogP contribution < -0.4 is 5.32 Å². The molecule has 1 aromatic carbocycles. The molecule has 1 unspecified atom stereocenters. The van der Waals surface area contributed by atoms with E-state index in [0.717, 1.165) is 13.1 Å². The normalized spacial score (nSPS) is 22.6. The molecule has 1 fully saturated rings. The monoisotopic (exact) mass is 274 g/mol. The summed E-state index contributed by atoms with van der Waals surface area (Å²) in [6.07, 6.45) is 0. The number of benzene rings is 1. The summed E-state index contributed by atoms with van der Waals surface area (Å²) in [5.41, 5.74) is 0.764. The minimum absolute atomic E-state index is 0.143. The molecular weight excluding hydrogens is 248 g/mol. The van der Waals surface area contributed by atoms with Crippen LogP contribution in [0.5, 0.6) is 0 Å². The lowest BCUT2D eigenvalue weighted by atomic mass is 9.88. The van der Waals surface area contributed by atoms with Crippen molar-refractivity contribution in [3.63, 3.8) is 0 Å². The zero-order valence-electron chi connectivity index (χ0n) is 13.2. The third-order valence-electron chi connectivity index (χ3n) is 3.97. The van der Waals surface area contributed by atoms with Crippen molar-refractivity contribution in [2.75, 3.05) is 13.1 Å². The summed E-state index contributed by atoms with van der Waals surface area (Å²) in [5, 5.41) is 3.57. The van der Waals surface area contributed by atoms with Crippen molar-refractivity contribution in [1.29, 1.82) is 0 Å². The summed E-state index contributed by atoms with van der Waals surface area (Å²) >= 11 is 0. The number of nitrogens with zero attached hydrogens (tertiary/aromatic N) is 1. The molecule has 1 heterocycles. The molecule has 1 aliphatic rings. The quantitative estimate of drug-likeness (QED) is 0.854. The highest BCUT2D eigenvalue weighted by Gasteiger charge is 2.40. The largest absolute Gasteiger partial charge is 0.334 e. The van der Waals surface area contributed by atoms with Crippen molar-refractivity contribution < 1.29 is 4.79 Å². The summed E-state index contributed by atoms with van der Waals surface area (Å²) in [7, 11) is 0. The Balaban J connectivity index is 2.23. The number of amides is 1. The standard InChI is InChI=1S/C17H26N2O/c1-16(2,3)15(20)19-11-14(18-12-17(19,4)5)13-9-7-6-8-10-13/h6-10,14,18H,11-12H2,1-5H3. The number of nitrogens with one attached hydrogen (secondary N) is 1. The van der Waals surface area contributed by atoms with Crippen LogP contribution in [0.3, 0.4) is 0 Å². The molecule has 1 saturated heterocycles. The van der Waals surface area contributed by atoms with E-state index in [0.29, 0.717) is 0 Å². The number of rotatable bonds is 1. The van der Waals surface area contributed by atoms with Gasteiger partial charge in [-0.3, -0.25) is 4.79 Å². The average molecular weight is 274 g/mol. The second kappa shape index (κ2) is 5.21. The van der Waals surface area contributed by atoms with Gasteiger partial charge in [0, 0.05) is 30.1 Å². The number of hydrogen-bond acceptors (Lipinski definition) is 2. The van der Waals surface area contributed by atoms with Gasteiger partial charge < -0.3 is 10.2 Å². The van der Waals surface area contributed by atoms with Gasteiger partial charge in [0.05, 0.1) is 0 Å². The Morgan fingerprint density at radius 1 is 1.25 bits per heavy atom. The predicted octanol–water partition coefficient (Wildman–Crippen LogP) is 2.98. The van der Waals surface area contributed by atoms with Gasteiger partial charge in [0.15, 0.2) is 0 Å². The smallest absolute Gasteiger partial charge is 0.228 e.